The fraction of sp³-hybridized carbons (Fsp3) is 0.219. The summed E-state index contributed by atoms with van der Waals surface area (Å²) in [5, 5.41) is 5.31. The average Bonchev–Trinajstić information content (AvgIpc) is 3.02. The molecule has 0 fully saturated rings. The van der Waals surface area contributed by atoms with Crippen molar-refractivity contribution in [2.24, 2.45) is 11.5 Å². The number of nitrogens with two attached hydrogens (primary N) is 2. The summed E-state index contributed by atoms with van der Waals surface area (Å²) in [6.07, 6.45) is -1.24. The van der Waals surface area contributed by atoms with E-state index in [2.05, 4.69) is 34.3 Å². The van der Waals surface area contributed by atoms with E-state index in [-0.39, 0.29) is 56.7 Å². The van der Waals surface area contributed by atoms with E-state index in [0.29, 0.717) is 24.2 Å². The van der Waals surface area contributed by atoms with Crippen molar-refractivity contribution in [3.63, 3.8) is 0 Å². The number of hydrogen-bond donors (Lipinski definition) is 4. The average molecular weight is 642 g/mol. The number of alkyl carbamates (subject to hydrolysis) is 2. The highest BCUT2D eigenvalue weighted by atomic mass is 35.5. The van der Waals surface area contributed by atoms with Gasteiger partial charge in [-0.25, -0.2) is 14.4 Å². The quantitative estimate of drug-likeness (QED) is 0.156. The van der Waals surface area contributed by atoms with Crippen molar-refractivity contribution in [1.29, 1.82) is 0 Å². The molecule has 10 nitrogen and oxygen atoms in total. The Morgan fingerprint density at radius 1 is 0.682 bits per heavy atom. The minimum atomic E-state index is -0.620. The number of halogens is 2. The van der Waals surface area contributed by atoms with E-state index < -0.39 is 18.2 Å². The van der Waals surface area contributed by atoms with Gasteiger partial charge in [0.15, 0.2) is 13.2 Å². The zero-order chi connectivity index (χ0) is 30.2. The fourth-order valence-corrected chi connectivity index (χ4v) is 3.67. The van der Waals surface area contributed by atoms with Crippen LogP contribution in [0.25, 0.3) is 0 Å². The van der Waals surface area contributed by atoms with Crippen LogP contribution < -0.4 is 22.1 Å². The Morgan fingerprint density at radius 2 is 1.11 bits per heavy atom. The minimum Gasteiger partial charge on any atom is -0.465 e. The summed E-state index contributed by atoms with van der Waals surface area (Å²) in [4.78, 5) is 36.1. The molecule has 232 valence electrons. The molecule has 0 aliphatic rings. The Morgan fingerprint density at radius 3 is 1.52 bits per heavy atom. The zero-order valence-electron chi connectivity index (χ0n) is 24.0. The van der Waals surface area contributed by atoms with Crippen molar-refractivity contribution < 1.29 is 28.6 Å². The number of amides is 2. The standard InChI is InChI=1S/C32H32N4O6.2ClH/c1-40-30(37)29-17-23(10-4-12-41-31(38)35-21-27-8-2-6-25(15-27)19-33)14-24(18-29)11-5-13-42-32(39)36-22-28-9-3-7-26(16-28)20-34;;/h2-3,6-9,14-18H,12-13,19-22,33-34H2,1H3,(H,35,38)(H,36,39);2*1H. The number of ether oxygens (including phenoxy) is 3. The van der Waals surface area contributed by atoms with Crippen LogP contribution in [-0.4, -0.2) is 38.5 Å². The van der Waals surface area contributed by atoms with Crippen molar-refractivity contribution in [3.8, 4) is 23.7 Å². The van der Waals surface area contributed by atoms with Crippen molar-refractivity contribution in [2.75, 3.05) is 20.3 Å². The van der Waals surface area contributed by atoms with Gasteiger partial charge in [0, 0.05) is 37.3 Å². The normalized spacial score (nSPS) is 9.34. The molecule has 44 heavy (non-hydrogen) atoms. The van der Waals surface area contributed by atoms with Crippen LogP contribution in [0.2, 0.25) is 0 Å². The van der Waals surface area contributed by atoms with Crippen molar-refractivity contribution in [1.82, 2.24) is 10.6 Å². The molecule has 3 aromatic carbocycles. The van der Waals surface area contributed by atoms with Gasteiger partial charge in [0.1, 0.15) is 0 Å². The Labute approximate surface area is 269 Å². The molecule has 0 aliphatic heterocycles. The molecular weight excluding hydrogens is 607 g/mol. The summed E-state index contributed by atoms with van der Waals surface area (Å²) in [6.45, 7) is 1.06. The second kappa shape index (κ2) is 20.2. The Bertz CT molecular complexity index is 1440. The van der Waals surface area contributed by atoms with E-state index in [9.17, 15) is 14.4 Å². The minimum absolute atomic E-state index is 0. The lowest BCUT2D eigenvalue weighted by Gasteiger charge is -2.06. The van der Waals surface area contributed by atoms with Crippen LogP contribution in [0.3, 0.4) is 0 Å². The van der Waals surface area contributed by atoms with Crippen LogP contribution in [0.15, 0.2) is 66.7 Å². The van der Waals surface area contributed by atoms with E-state index in [1.807, 2.05) is 48.5 Å². The van der Waals surface area contributed by atoms with Gasteiger partial charge in [-0.2, -0.15) is 0 Å². The second-order valence-electron chi connectivity index (χ2n) is 8.80. The monoisotopic (exact) mass is 640 g/mol. The lowest BCUT2D eigenvalue weighted by atomic mass is 10.1. The van der Waals surface area contributed by atoms with Crippen molar-refractivity contribution in [3.05, 3.63) is 106 Å². The zero-order valence-corrected chi connectivity index (χ0v) is 25.6. The third-order valence-corrected chi connectivity index (χ3v) is 5.70. The number of esters is 1. The first-order valence-corrected chi connectivity index (χ1v) is 13.0. The Hall–Kier alpha value is -4.71. The van der Waals surface area contributed by atoms with Gasteiger partial charge in [0.05, 0.1) is 12.7 Å². The molecule has 0 saturated heterocycles. The molecule has 2 amide bonds. The number of nitrogens with one attached hydrogen (secondary N) is 2. The first-order valence-electron chi connectivity index (χ1n) is 13.0. The third kappa shape index (κ3) is 13.1. The summed E-state index contributed by atoms with van der Waals surface area (Å²) >= 11 is 0. The van der Waals surface area contributed by atoms with Gasteiger partial charge >= 0.3 is 18.2 Å². The number of hydrogen-bond acceptors (Lipinski definition) is 8. The summed E-state index contributed by atoms with van der Waals surface area (Å²) in [6, 6.07) is 19.8. The lowest BCUT2D eigenvalue weighted by molar-refractivity contribution is 0.0600. The number of carbonyl (C=O) groups is 3. The smallest absolute Gasteiger partial charge is 0.408 e. The SMILES string of the molecule is COC(=O)c1cc(C#CCOC(=O)NCc2cccc(CN)c2)cc(C#CCOC(=O)NCc2cccc(CN)c2)c1.Cl.Cl. The first kappa shape index (κ1) is 37.3. The molecule has 6 N–H and O–H groups in total. The molecule has 0 aliphatic carbocycles. The van der Waals surface area contributed by atoms with Gasteiger partial charge in [0.25, 0.3) is 0 Å². The molecule has 0 unspecified atom stereocenters. The maximum Gasteiger partial charge on any atom is 0.408 e. The first-order chi connectivity index (χ1) is 20.4. The molecule has 0 aromatic heterocycles. The number of rotatable bonds is 9. The lowest BCUT2D eigenvalue weighted by Crippen LogP contribution is -2.24. The molecule has 0 heterocycles. The molecule has 0 radical (unpaired) electrons. The molecular formula is C32H34Cl2N4O6. The topological polar surface area (TPSA) is 155 Å². The van der Waals surface area contributed by atoms with Crippen LogP contribution >= 0.6 is 24.8 Å². The largest absolute Gasteiger partial charge is 0.465 e. The highest BCUT2D eigenvalue weighted by Crippen LogP contribution is 2.11. The molecule has 0 atom stereocenters. The summed E-state index contributed by atoms with van der Waals surface area (Å²) in [5.41, 5.74) is 16.2. The van der Waals surface area contributed by atoms with Gasteiger partial charge in [-0.3, -0.25) is 0 Å². The predicted molar refractivity (Wildman–Crippen MR) is 171 cm³/mol. The van der Waals surface area contributed by atoms with Gasteiger partial charge in [-0.15, -0.1) is 24.8 Å². The van der Waals surface area contributed by atoms with E-state index in [4.69, 9.17) is 25.7 Å². The van der Waals surface area contributed by atoms with Crippen LogP contribution in [0, 0.1) is 23.7 Å². The van der Waals surface area contributed by atoms with Crippen LogP contribution in [0.5, 0.6) is 0 Å². The fourth-order valence-electron chi connectivity index (χ4n) is 3.67. The Kier molecular flexibility index (Phi) is 17.2. The van der Waals surface area contributed by atoms with E-state index in [0.717, 1.165) is 22.3 Å². The maximum absolute atomic E-state index is 12.1. The van der Waals surface area contributed by atoms with Crippen LogP contribution in [-0.2, 0) is 40.4 Å². The van der Waals surface area contributed by atoms with Crippen LogP contribution in [0.4, 0.5) is 9.59 Å². The van der Waals surface area contributed by atoms with Gasteiger partial charge in [-0.1, -0.05) is 72.2 Å². The van der Waals surface area contributed by atoms with Crippen LogP contribution in [0.1, 0.15) is 43.7 Å². The van der Waals surface area contributed by atoms with Gasteiger partial charge in [0.2, 0.25) is 0 Å². The molecule has 3 rings (SSSR count). The van der Waals surface area contributed by atoms with Gasteiger partial charge in [-0.05, 0) is 40.5 Å². The Balaban J connectivity index is 0.00000484. The summed E-state index contributed by atoms with van der Waals surface area (Å²) in [5.74, 6) is 10.6. The highest BCUT2D eigenvalue weighted by Gasteiger charge is 2.08. The molecule has 0 bridgehead atoms. The van der Waals surface area contributed by atoms with E-state index in [1.54, 1.807) is 6.07 Å². The molecule has 0 spiro atoms. The summed E-state index contributed by atoms with van der Waals surface area (Å²) in [7, 11) is 1.27. The van der Waals surface area contributed by atoms with E-state index in [1.165, 1.54) is 19.2 Å². The molecule has 0 saturated carbocycles. The highest BCUT2D eigenvalue weighted by molar-refractivity contribution is 5.90. The molecule has 3 aromatic rings. The summed E-state index contributed by atoms with van der Waals surface area (Å²) < 4.78 is 15.0. The maximum atomic E-state index is 12.1. The van der Waals surface area contributed by atoms with E-state index >= 15 is 0 Å². The third-order valence-electron chi connectivity index (χ3n) is 5.70. The second-order valence-corrected chi connectivity index (χ2v) is 8.80. The number of benzene rings is 3. The number of methoxy groups -OCH3 is 1. The number of carbonyl (C=O) groups excluding carboxylic acids is 3. The predicted octanol–water partition coefficient (Wildman–Crippen LogP) is 3.79. The van der Waals surface area contributed by atoms with Gasteiger partial charge < -0.3 is 36.3 Å². The van der Waals surface area contributed by atoms with Crippen molar-refractivity contribution >= 4 is 43.0 Å². The van der Waals surface area contributed by atoms with Crippen molar-refractivity contribution in [2.45, 2.75) is 26.2 Å². The molecule has 12 heteroatoms.